The average Bonchev–Trinajstić information content (AvgIpc) is 3.40. The summed E-state index contributed by atoms with van der Waals surface area (Å²) in [4.78, 5) is 12.7. The fourth-order valence-corrected chi connectivity index (χ4v) is 10.9. The molecule has 0 aromatic heterocycles. The summed E-state index contributed by atoms with van der Waals surface area (Å²) in [6, 6.07) is 8.18. The van der Waals surface area contributed by atoms with Gasteiger partial charge in [0.25, 0.3) is 0 Å². The highest BCUT2D eigenvalue weighted by Gasteiger charge is 2.68. The van der Waals surface area contributed by atoms with Gasteiger partial charge in [-0.2, -0.15) is 0 Å². The Morgan fingerprint density at radius 1 is 1.07 bits per heavy atom. The number of rotatable bonds is 3. The van der Waals surface area contributed by atoms with Crippen molar-refractivity contribution >= 4 is 6.09 Å². The Morgan fingerprint density at radius 3 is 2.68 bits per heavy atom. The highest BCUT2D eigenvalue weighted by molar-refractivity contribution is 5.67. The van der Waals surface area contributed by atoms with Crippen LogP contribution in [0.25, 0.3) is 0 Å². The number of carbonyl (C=O) groups excluding carboxylic acids is 1. The molecule has 11 atom stereocenters. The Bertz CT molecular complexity index is 1200. The summed E-state index contributed by atoms with van der Waals surface area (Å²) in [7, 11) is 0. The molecular weight excluding hydrogens is 510 g/mol. The van der Waals surface area contributed by atoms with Crippen LogP contribution in [0.5, 0.6) is 0 Å². The molecule has 0 unspecified atom stereocenters. The summed E-state index contributed by atoms with van der Waals surface area (Å²) < 4.78 is 19.4. The van der Waals surface area contributed by atoms with E-state index in [9.17, 15) is 4.79 Å². The van der Waals surface area contributed by atoms with Gasteiger partial charge in [0.15, 0.2) is 5.79 Å². The number of amides is 1. The Hall–Kier alpha value is -1.85. The minimum absolute atomic E-state index is 0.0221. The number of aryl methyl sites for hydroxylation is 1. The van der Waals surface area contributed by atoms with Crippen LogP contribution in [0, 0.1) is 53.3 Å². The van der Waals surface area contributed by atoms with Crippen molar-refractivity contribution < 1.29 is 19.0 Å². The predicted octanol–water partition coefficient (Wildman–Crippen LogP) is 7.96. The predicted molar refractivity (Wildman–Crippen MR) is 160 cm³/mol. The SMILES string of the molecule is Cc1ccccc1CNC(=O)O[C@H]1CC[C@@]2(C)C(=CC[C@H]3[C@@H]4C[C@@H]5O[C@]6(CC[C@@H](C)CO6)[C@@H](C)[C@@H]5[C@@]4(C)CC[C@@H]32)C1. The summed E-state index contributed by atoms with van der Waals surface area (Å²) in [5, 5.41) is 2.99. The lowest BCUT2D eigenvalue weighted by Crippen LogP contribution is -2.52. The number of hydrogen-bond acceptors (Lipinski definition) is 4. The molecule has 41 heavy (non-hydrogen) atoms. The fraction of sp³-hybridized carbons (Fsp3) is 0.750. The lowest BCUT2D eigenvalue weighted by atomic mass is 9.47. The molecule has 4 aliphatic carbocycles. The van der Waals surface area contributed by atoms with E-state index in [1.807, 2.05) is 12.1 Å². The molecule has 2 aliphatic heterocycles. The maximum atomic E-state index is 12.7. The summed E-state index contributed by atoms with van der Waals surface area (Å²) in [6.07, 6.45) is 12.9. The zero-order chi connectivity index (χ0) is 28.6. The first-order valence-corrected chi connectivity index (χ1v) is 16.6. The van der Waals surface area contributed by atoms with Gasteiger partial charge in [0.1, 0.15) is 6.10 Å². The summed E-state index contributed by atoms with van der Waals surface area (Å²) in [6.45, 7) is 13.3. The summed E-state index contributed by atoms with van der Waals surface area (Å²) in [5.41, 5.74) is 4.46. The summed E-state index contributed by atoms with van der Waals surface area (Å²) in [5.74, 6) is 3.60. The zero-order valence-electron chi connectivity index (χ0n) is 25.9. The van der Waals surface area contributed by atoms with E-state index in [0.717, 1.165) is 55.6 Å². The lowest BCUT2D eigenvalue weighted by Gasteiger charge is -2.58. The molecule has 5 fully saturated rings. The molecule has 0 radical (unpaired) electrons. The molecule has 2 saturated heterocycles. The molecule has 2 heterocycles. The number of carbonyl (C=O) groups is 1. The number of benzene rings is 1. The van der Waals surface area contributed by atoms with Gasteiger partial charge in [0.05, 0.1) is 12.7 Å². The van der Waals surface area contributed by atoms with Crippen molar-refractivity contribution in [2.75, 3.05) is 6.61 Å². The normalized spacial score (nSPS) is 46.6. The number of nitrogens with one attached hydrogen (secondary N) is 1. The third-order valence-corrected chi connectivity index (χ3v) is 13.3. The molecule has 224 valence electrons. The van der Waals surface area contributed by atoms with Crippen LogP contribution in [-0.2, 0) is 20.8 Å². The van der Waals surface area contributed by atoms with Gasteiger partial charge < -0.3 is 19.5 Å². The van der Waals surface area contributed by atoms with Crippen molar-refractivity contribution in [2.24, 2.45) is 46.3 Å². The number of ether oxygens (including phenoxy) is 3. The second-order valence-electron chi connectivity index (χ2n) is 15.3. The van der Waals surface area contributed by atoms with Crippen LogP contribution in [0.15, 0.2) is 35.9 Å². The molecule has 5 heteroatoms. The summed E-state index contributed by atoms with van der Waals surface area (Å²) >= 11 is 0. The van der Waals surface area contributed by atoms with Crippen LogP contribution < -0.4 is 5.32 Å². The largest absolute Gasteiger partial charge is 0.446 e. The van der Waals surface area contributed by atoms with Gasteiger partial charge >= 0.3 is 6.09 Å². The second-order valence-corrected chi connectivity index (χ2v) is 15.3. The van der Waals surface area contributed by atoms with Crippen molar-refractivity contribution in [2.45, 2.75) is 117 Å². The highest BCUT2D eigenvalue weighted by Crippen LogP contribution is 2.70. The third-order valence-electron chi connectivity index (χ3n) is 13.3. The molecule has 1 aromatic carbocycles. The van der Waals surface area contributed by atoms with Gasteiger partial charge in [-0.25, -0.2) is 4.79 Å². The van der Waals surface area contributed by atoms with Crippen LogP contribution in [0.4, 0.5) is 4.79 Å². The smallest absolute Gasteiger partial charge is 0.407 e. The van der Waals surface area contributed by atoms with Crippen LogP contribution in [0.1, 0.15) is 96.6 Å². The molecule has 6 aliphatic rings. The zero-order valence-corrected chi connectivity index (χ0v) is 25.9. The van der Waals surface area contributed by atoms with E-state index >= 15 is 0 Å². The first kappa shape index (κ1) is 28.0. The molecule has 1 N–H and O–H groups in total. The van der Waals surface area contributed by atoms with E-state index in [0.29, 0.717) is 35.8 Å². The van der Waals surface area contributed by atoms with E-state index < -0.39 is 0 Å². The Balaban J connectivity index is 1.01. The van der Waals surface area contributed by atoms with E-state index in [1.165, 1.54) is 37.7 Å². The van der Waals surface area contributed by atoms with Gasteiger partial charge in [-0.3, -0.25) is 0 Å². The van der Waals surface area contributed by atoms with Crippen molar-refractivity contribution in [3.8, 4) is 0 Å². The second kappa shape index (κ2) is 10.1. The van der Waals surface area contributed by atoms with Gasteiger partial charge in [-0.15, -0.1) is 0 Å². The first-order valence-electron chi connectivity index (χ1n) is 16.6. The number of hydrogen-bond donors (Lipinski definition) is 1. The van der Waals surface area contributed by atoms with Crippen LogP contribution in [0.2, 0.25) is 0 Å². The lowest BCUT2D eigenvalue weighted by molar-refractivity contribution is -0.272. The third kappa shape index (κ3) is 4.42. The average molecular weight is 562 g/mol. The van der Waals surface area contributed by atoms with E-state index in [4.69, 9.17) is 14.2 Å². The molecule has 3 saturated carbocycles. The fourth-order valence-electron chi connectivity index (χ4n) is 10.9. The van der Waals surface area contributed by atoms with Gasteiger partial charge in [-0.05, 0) is 103 Å². The topological polar surface area (TPSA) is 56.8 Å². The number of fused-ring (bicyclic) bond motifs is 7. The van der Waals surface area contributed by atoms with E-state index in [-0.39, 0.29) is 23.4 Å². The Morgan fingerprint density at radius 2 is 1.90 bits per heavy atom. The number of allylic oxidation sites excluding steroid dienone is 1. The Labute approximate surface area is 247 Å². The van der Waals surface area contributed by atoms with Gasteiger partial charge in [0, 0.05) is 25.3 Å². The van der Waals surface area contributed by atoms with Crippen molar-refractivity contribution in [1.82, 2.24) is 5.32 Å². The quantitative estimate of drug-likeness (QED) is 0.381. The molecule has 5 nitrogen and oxygen atoms in total. The number of alkyl carbamates (subject to hydrolysis) is 1. The van der Waals surface area contributed by atoms with Crippen molar-refractivity contribution in [3.63, 3.8) is 0 Å². The van der Waals surface area contributed by atoms with Crippen LogP contribution in [-0.4, -0.2) is 30.7 Å². The van der Waals surface area contributed by atoms with E-state index in [2.05, 4.69) is 58.1 Å². The van der Waals surface area contributed by atoms with Crippen molar-refractivity contribution in [1.29, 1.82) is 0 Å². The first-order chi connectivity index (χ1) is 19.6. The van der Waals surface area contributed by atoms with Crippen molar-refractivity contribution in [3.05, 3.63) is 47.0 Å². The minimum atomic E-state index is -0.330. The standard InChI is InChI=1S/C36H51NO4/c1-22-12-17-36(39-21-22)24(3)32-31(41-36)19-30-28-11-10-26-18-27(13-15-34(26,4)29(28)14-16-35(30,32)5)40-33(38)37-20-25-9-7-6-8-23(25)2/h6-10,22,24,27-32H,11-21H2,1-5H3,(H,37,38)/t22-,24+,27+,28-,29+,30+,31+,32+,34+,35+,36-/m1/s1. The molecule has 7 rings (SSSR count). The van der Waals surface area contributed by atoms with Gasteiger partial charge in [-0.1, -0.05) is 63.6 Å². The van der Waals surface area contributed by atoms with Crippen LogP contribution >= 0.6 is 0 Å². The highest BCUT2D eigenvalue weighted by atomic mass is 16.7. The molecule has 0 bridgehead atoms. The van der Waals surface area contributed by atoms with E-state index in [1.54, 1.807) is 5.57 Å². The molecular formula is C36H51NO4. The maximum absolute atomic E-state index is 12.7. The van der Waals surface area contributed by atoms with Gasteiger partial charge in [0.2, 0.25) is 0 Å². The molecule has 1 spiro atoms. The molecule has 1 amide bonds. The monoisotopic (exact) mass is 561 g/mol. The Kier molecular flexibility index (Phi) is 6.90. The van der Waals surface area contributed by atoms with Crippen LogP contribution in [0.3, 0.4) is 0 Å². The molecule has 1 aromatic rings. The minimum Gasteiger partial charge on any atom is -0.446 e. The maximum Gasteiger partial charge on any atom is 0.407 e.